The van der Waals surface area contributed by atoms with Crippen LogP contribution in [-0.4, -0.2) is 19.2 Å². The van der Waals surface area contributed by atoms with Gasteiger partial charge in [0.25, 0.3) is 0 Å². The summed E-state index contributed by atoms with van der Waals surface area (Å²) in [5, 5.41) is 4.05. The van der Waals surface area contributed by atoms with Gasteiger partial charge >= 0.3 is 0 Å². The molecule has 2 aromatic carbocycles. The van der Waals surface area contributed by atoms with E-state index < -0.39 is 9.84 Å². The van der Waals surface area contributed by atoms with Gasteiger partial charge < -0.3 is 11.1 Å². The molecule has 25 heavy (non-hydrogen) atoms. The normalized spacial score (nSPS) is 14.8. The molecule has 4 rings (SSSR count). The topological polar surface area (TPSA) is 85.1 Å². The first-order valence-corrected chi connectivity index (χ1v) is 9.41. The largest absolute Gasteiger partial charge is 0.396 e. The van der Waals surface area contributed by atoms with Gasteiger partial charge in [-0.1, -0.05) is 12.0 Å². The van der Waals surface area contributed by atoms with Gasteiger partial charge in [-0.3, -0.25) is 4.98 Å². The number of nitrogen functional groups attached to an aromatic ring is 1. The first-order chi connectivity index (χ1) is 12.0. The minimum absolute atomic E-state index is 0.113. The van der Waals surface area contributed by atoms with Crippen molar-refractivity contribution in [1.82, 2.24) is 4.98 Å². The Morgan fingerprint density at radius 2 is 2.08 bits per heavy atom. The molecule has 1 aliphatic rings. The summed E-state index contributed by atoms with van der Waals surface area (Å²) in [5.74, 6) is 2.71. The zero-order chi connectivity index (χ0) is 17.6. The number of nitrogens with one attached hydrogen (secondary N) is 1. The predicted octanol–water partition coefficient (Wildman–Crippen LogP) is 2.87. The second kappa shape index (κ2) is 5.50. The molecule has 5 nitrogen and oxygen atoms in total. The minimum atomic E-state index is -3.23. The van der Waals surface area contributed by atoms with Gasteiger partial charge in [-0.15, -0.1) is 6.42 Å². The number of aryl methyl sites for hydroxylation is 1. The van der Waals surface area contributed by atoms with E-state index in [1.165, 1.54) is 0 Å². The number of terminal acetylenes is 1. The maximum absolute atomic E-state index is 12.2. The Labute approximate surface area is 145 Å². The Hall–Kier alpha value is -3.04. The van der Waals surface area contributed by atoms with Crippen LogP contribution in [0.2, 0.25) is 0 Å². The monoisotopic (exact) mass is 349 g/mol. The lowest BCUT2D eigenvalue weighted by molar-refractivity contribution is 0.600. The number of anilines is 3. The smallest absolute Gasteiger partial charge is 0.179 e. The summed E-state index contributed by atoms with van der Waals surface area (Å²) in [6, 6.07) is 10.8. The van der Waals surface area contributed by atoms with Crippen LogP contribution in [-0.2, 0) is 16.3 Å². The fourth-order valence-electron chi connectivity index (χ4n) is 3.20. The van der Waals surface area contributed by atoms with Crippen molar-refractivity contribution in [2.75, 3.05) is 16.8 Å². The number of benzene rings is 2. The highest BCUT2D eigenvalue weighted by Crippen LogP contribution is 2.39. The Kier molecular flexibility index (Phi) is 3.41. The highest BCUT2D eigenvalue weighted by Gasteiger charge is 2.29. The summed E-state index contributed by atoms with van der Waals surface area (Å²) in [6.07, 6.45) is 7.49. The fraction of sp³-hybridized carbons (Fsp3) is 0.105. The molecule has 0 bridgehead atoms. The van der Waals surface area contributed by atoms with Crippen LogP contribution in [0.3, 0.4) is 0 Å². The number of hydrogen-bond donors (Lipinski definition) is 2. The van der Waals surface area contributed by atoms with Gasteiger partial charge in [0, 0.05) is 16.6 Å². The van der Waals surface area contributed by atoms with Gasteiger partial charge in [0.1, 0.15) is 0 Å². The molecule has 1 aliphatic heterocycles. The zero-order valence-electron chi connectivity index (χ0n) is 13.3. The number of rotatable bonds is 2. The number of fused-ring (bicyclic) bond motifs is 3. The van der Waals surface area contributed by atoms with Gasteiger partial charge in [0.2, 0.25) is 0 Å². The van der Waals surface area contributed by atoms with Crippen LogP contribution in [0.15, 0.2) is 47.5 Å². The van der Waals surface area contributed by atoms with E-state index in [9.17, 15) is 8.42 Å². The molecule has 6 heteroatoms. The van der Waals surface area contributed by atoms with Crippen LogP contribution in [0.5, 0.6) is 0 Å². The third-order valence-corrected chi connectivity index (χ3v) is 6.18. The lowest BCUT2D eigenvalue weighted by Gasteiger charge is -2.15. The van der Waals surface area contributed by atoms with E-state index in [1.807, 2.05) is 24.3 Å². The SMILES string of the molecule is C#Cc1cccc(Nc2c(N)cnc3ccc4c(c23)CCS4(=O)=O)c1. The number of nitrogens with two attached hydrogens (primary N) is 1. The highest BCUT2D eigenvalue weighted by molar-refractivity contribution is 7.91. The van der Waals surface area contributed by atoms with E-state index in [0.29, 0.717) is 28.2 Å². The fourth-order valence-corrected chi connectivity index (χ4v) is 4.75. The van der Waals surface area contributed by atoms with Gasteiger partial charge in [-0.2, -0.15) is 0 Å². The zero-order valence-corrected chi connectivity index (χ0v) is 14.1. The summed E-state index contributed by atoms with van der Waals surface area (Å²) >= 11 is 0. The minimum Gasteiger partial charge on any atom is -0.396 e. The van der Waals surface area contributed by atoms with Crippen LogP contribution >= 0.6 is 0 Å². The average molecular weight is 349 g/mol. The molecule has 0 amide bonds. The quantitative estimate of drug-likeness (QED) is 0.695. The van der Waals surface area contributed by atoms with E-state index in [4.69, 9.17) is 12.2 Å². The third-order valence-electron chi connectivity index (χ3n) is 4.38. The second-order valence-corrected chi connectivity index (χ2v) is 8.02. The van der Waals surface area contributed by atoms with Crippen molar-refractivity contribution < 1.29 is 8.42 Å². The van der Waals surface area contributed by atoms with Crippen molar-refractivity contribution in [3.63, 3.8) is 0 Å². The summed E-state index contributed by atoms with van der Waals surface area (Å²) < 4.78 is 24.5. The molecular formula is C19H15N3O2S. The Morgan fingerprint density at radius 1 is 1.24 bits per heavy atom. The summed E-state index contributed by atoms with van der Waals surface area (Å²) in [4.78, 5) is 4.72. The lowest BCUT2D eigenvalue weighted by Crippen LogP contribution is -2.01. The highest BCUT2D eigenvalue weighted by atomic mass is 32.2. The standard InChI is InChI=1S/C19H15N3O2S/c1-2-12-4-3-5-13(10-12)22-19-15(20)11-21-16-6-7-17-14(18(16)19)8-9-25(17,23)24/h1,3-7,10-11H,8-9,20H2,(H,21,22). The Bertz CT molecular complexity index is 1160. The third kappa shape index (κ3) is 2.49. The van der Waals surface area contributed by atoms with Crippen LogP contribution in [0, 0.1) is 12.3 Å². The van der Waals surface area contributed by atoms with E-state index >= 15 is 0 Å². The van der Waals surface area contributed by atoms with Crippen molar-refractivity contribution in [1.29, 1.82) is 0 Å². The second-order valence-electron chi connectivity index (χ2n) is 5.94. The van der Waals surface area contributed by atoms with E-state index in [2.05, 4.69) is 16.2 Å². The number of hydrogen-bond acceptors (Lipinski definition) is 5. The first kappa shape index (κ1) is 15.5. The molecule has 0 saturated carbocycles. The molecule has 3 N–H and O–H groups in total. The molecule has 0 radical (unpaired) electrons. The molecule has 0 fully saturated rings. The molecule has 3 aromatic rings. The number of aromatic nitrogens is 1. The van der Waals surface area contributed by atoms with Crippen LogP contribution in [0.4, 0.5) is 17.1 Å². The van der Waals surface area contributed by atoms with E-state index in [-0.39, 0.29) is 5.75 Å². The number of sulfone groups is 1. The van der Waals surface area contributed by atoms with Crippen LogP contribution in [0.25, 0.3) is 10.9 Å². The van der Waals surface area contributed by atoms with Crippen molar-refractivity contribution in [3.05, 3.63) is 53.7 Å². The lowest BCUT2D eigenvalue weighted by atomic mass is 10.0. The molecule has 1 aromatic heterocycles. The van der Waals surface area contributed by atoms with E-state index in [0.717, 1.165) is 22.2 Å². The maximum Gasteiger partial charge on any atom is 0.179 e. The summed E-state index contributed by atoms with van der Waals surface area (Å²) in [6.45, 7) is 0. The Morgan fingerprint density at radius 3 is 2.88 bits per heavy atom. The van der Waals surface area contributed by atoms with Crippen LogP contribution < -0.4 is 11.1 Å². The maximum atomic E-state index is 12.2. The van der Waals surface area contributed by atoms with E-state index in [1.54, 1.807) is 18.3 Å². The molecule has 0 spiro atoms. The summed E-state index contributed by atoms with van der Waals surface area (Å²) in [7, 11) is -3.23. The van der Waals surface area contributed by atoms with Crippen molar-refractivity contribution in [3.8, 4) is 12.3 Å². The molecule has 2 heterocycles. The molecule has 0 unspecified atom stereocenters. The van der Waals surface area contributed by atoms with Gasteiger partial charge in [0.15, 0.2) is 9.84 Å². The van der Waals surface area contributed by atoms with Crippen LogP contribution in [0.1, 0.15) is 11.1 Å². The molecule has 0 saturated heterocycles. The first-order valence-electron chi connectivity index (χ1n) is 7.76. The molecular weight excluding hydrogens is 334 g/mol. The van der Waals surface area contributed by atoms with Crippen molar-refractivity contribution >= 4 is 37.8 Å². The van der Waals surface area contributed by atoms with Crippen molar-refractivity contribution in [2.24, 2.45) is 0 Å². The van der Waals surface area contributed by atoms with Gasteiger partial charge in [0.05, 0.1) is 33.7 Å². The summed E-state index contributed by atoms with van der Waals surface area (Å²) in [5.41, 5.74) is 10.3. The van der Waals surface area contributed by atoms with Gasteiger partial charge in [-0.25, -0.2) is 8.42 Å². The van der Waals surface area contributed by atoms with Crippen molar-refractivity contribution in [2.45, 2.75) is 11.3 Å². The number of pyridine rings is 1. The molecule has 0 atom stereocenters. The Balaban J connectivity index is 1.96. The number of nitrogens with zero attached hydrogens (tertiary/aromatic N) is 1. The average Bonchev–Trinajstić information content (AvgIpc) is 2.92. The molecule has 124 valence electrons. The predicted molar refractivity (Wildman–Crippen MR) is 99.6 cm³/mol. The molecule has 0 aliphatic carbocycles. The van der Waals surface area contributed by atoms with Gasteiger partial charge in [-0.05, 0) is 42.3 Å².